The predicted molar refractivity (Wildman–Crippen MR) is 126 cm³/mol. The third-order valence-electron chi connectivity index (χ3n) is 7.08. The van der Waals surface area contributed by atoms with E-state index in [1.54, 1.807) is 0 Å². The average molecular weight is 429 g/mol. The number of fused-ring (bicyclic) bond motifs is 1. The van der Waals surface area contributed by atoms with Gasteiger partial charge in [-0.3, -0.25) is 9.89 Å². The molecule has 2 unspecified atom stereocenters. The van der Waals surface area contributed by atoms with Crippen molar-refractivity contribution in [3.05, 3.63) is 35.4 Å². The molecule has 3 aliphatic heterocycles. The molecule has 2 atom stereocenters. The highest BCUT2D eigenvalue weighted by Gasteiger charge is 2.25. The van der Waals surface area contributed by atoms with Gasteiger partial charge in [0.15, 0.2) is 5.96 Å². The van der Waals surface area contributed by atoms with Gasteiger partial charge in [0.05, 0.1) is 18.8 Å². The minimum absolute atomic E-state index is 0.310. The molecule has 0 bridgehead atoms. The lowest BCUT2D eigenvalue weighted by Crippen LogP contribution is -2.51. The van der Waals surface area contributed by atoms with Gasteiger partial charge in [-0.1, -0.05) is 24.3 Å². The maximum Gasteiger partial charge on any atom is 0.193 e. The van der Waals surface area contributed by atoms with E-state index in [0.29, 0.717) is 18.2 Å². The maximum atomic E-state index is 6.17. The fraction of sp³-hybridized carbons (Fsp3) is 0.720. The molecule has 3 heterocycles. The highest BCUT2D eigenvalue weighted by Crippen LogP contribution is 2.20. The fourth-order valence-electron chi connectivity index (χ4n) is 5.01. The van der Waals surface area contributed by atoms with Crippen LogP contribution in [0.4, 0.5) is 0 Å². The van der Waals surface area contributed by atoms with E-state index in [0.717, 1.165) is 77.6 Å². The molecule has 172 valence electrons. The number of likely N-dealkylation sites (tertiary alicyclic amines) is 1. The number of guanidine groups is 1. The molecule has 31 heavy (non-hydrogen) atoms. The summed E-state index contributed by atoms with van der Waals surface area (Å²) in [4.78, 5) is 9.52. The number of aliphatic imine (C=N–C) groups is 1. The van der Waals surface area contributed by atoms with E-state index in [2.05, 4.69) is 51.3 Å². The van der Waals surface area contributed by atoms with Crippen molar-refractivity contribution in [3.8, 4) is 0 Å². The van der Waals surface area contributed by atoms with Gasteiger partial charge < -0.3 is 19.7 Å². The van der Waals surface area contributed by atoms with E-state index in [9.17, 15) is 0 Å². The average Bonchev–Trinajstić information content (AvgIpc) is 2.84. The quantitative estimate of drug-likeness (QED) is 0.557. The second kappa shape index (κ2) is 11.3. The topological polar surface area (TPSA) is 49.3 Å². The molecule has 3 aliphatic rings. The first kappa shape index (κ1) is 22.6. The standard InChI is InChI=1S/C25H40N4O2/c1-20(29-13-10-21-7-3-4-8-22(21)18-29)17-27-25(26-2)28-14-11-23(12-15-28)31-19-24-9-5-6-16-30-24/h3-4,7-8,20,23-24H,5-6,9-19H2,1-2H3,(H,26,27). The number of ether oxygens (including phenoxy) is 2. The van der Waals surface area contributed by atoms with Crippen molar-refractivity contribution in [3.63, 3.8) is 0 Å². The Morgan fingerprint density at radius 2 is 1.97 bits per heavy atom. The van der Waals surface area contributed by atoms with Crippen molar-refractivity contribution < 1.29 is 9.47 Å². The summed E-state index contributed by atoms with van der Waals surface area (Å²) >= 11 is 0. The molecule has 4 rings (SSSR count). The second-order valence-corrected chi connectivity index (χ2v) is 9.27. The molecule has 0 radical (unpaired) electrons. The Morgan fingerprint density at radius 3 is 2.71 bits per heavy atom. The van der Waals surface area contributed by atoms with Crippen molar-refractivity contribution in [2.75, 3.05) is 46.4 Å². The van der Waals surface area contributed by atoms with Crippen LogP contribution in [0.1, 0.15) is 50.2 Å². The lowest BCUT2D eigenvalue weighted by atomic mass is 9.99. The first-order valence-corrected chi connectivity index (χ1v) is 12.2. The number of rotatable bonds is 6. The lowest BCUT2D eigenvalue weighted by molar-refractivity contribution is -0.0721. The summed E-state index contributed by atoms with van der Waals surface area (Å²) in [6, 6.07) is 9.32. The molecule has 0 amide bonds. The summed E-state index contributed by atoms with van der Waals surface area (Å²) in [6.45, 7) is 9.08. The normalized spacial score (nSPS) is 24.6. The highest BCUT2D eigenvalue weighted by atomic mass is 16.5. The number of nitrogens with zero attached hydrogens (tertiary/aromatic N) is 3. The summed E-state index contributed by atoms with van der Waals surface area (Å²) < 4.78 is 12.0. The van der Waals surface area contributed by atoms with Crippen LogP contribution < -0.4 is 5.32 Å². The Hall–Kier alpha value is -1.63. The van der Waals surface area contributed by atoms with Crippen molar-refractivity contribution in [2.24, 2.45) is 4.99 Å². The zero-order valence-corrected chi connectivity index (χ0v) is 19.4. The zero-order valence-electron chi connectivity index (χ0n) is 19.4. The van der Waals surface area contributed by atoms with Crippen LogP contribution in [0, 0.1) is 0 Å². The highest BCUT2D eigenvalue weighted by molar-refractivity contribution is 5.80. The Balaban J connectivity index is 1.18. The van der Waals surface area contributed by atoms with Gasteiger partial charge >= 0.3 is 0 Å². The van der Waals surface area contributed by atoms with E-state index >= 15 is 0 Å². The van der Waals surface area contributed by atoms with E-state index in [1.807, 2.05) is 7.05 Å². The van der Waals surface area contributed by atoms with Gasteiger partial charge in [-0.25, -0.2) is 0 Å². The van der Waals surface area contributed by atoms with Crippen molar-refractivity contribution >= 4 is 5.96 Å². The predicted octanol–water partition coefficient (Wildman–Crippen LogP) is 3.06. The molecule has 1 aromatic rings. The molecule has 6 nitrogen and oxygen atoms in total. The summed E-state index contributed by atoms with van der Waals surface area (Å²) in [5.74, 6) is 1.03. The van der Waals surface area contributed by atoms with Gasteiger partial charge in [0, 0.05) is 52.4 Å². The molecule has 0 saturated carbocycles. The number of benzene rings is 1. The van der Waals surface area contributed by atoms with Crippen LogP contribution in [0.25, 0.3) is 0 Å². The summed E-state index contributed by atoms with van der Waals surface area (Å²) in [5.41, 5.74) is 2.99. The molecule has 2 fully saturated rings. The van der Waals surface area contributed by atoms with Crippen molar-refractivity contribution in [2.45, 2.75) is 70.2 Å². The maximum absolute atomic E-state index is 6.17. The van der Waals surface area contributed by atoms with Crippen LogP contribution in [-0.4, -0.2) is 80.4 Å². The zero-order chi connectivity index (χ0) is 21.5. The van der Waals surface area contributed by atoms with E-state index < -0.39 is 0 Å². The lowest BCUT2D eigenvalue weighted by Gasteiger charge is -2.37. The Bertz CT molecular complexity index is 711. The van der Waals surface area contributed by atoms with Gasteiger partial charge in [-0.05, 0) is 56.6 Å². The minimum Gasteiger partial charge on any atom is -0.376 e. The first-order chi connectivity index (χ1) is 15.2. The Labute approximate surface area is 188 Å². The van der Waals surface area contributed by atoms with Gasteiger partial charge in [0.1, 0.15) is 0 Å². The first-order valence-electron chi connectivity index (χ1n) is 12.2. The number of hydrogen-bond acceptors (Lipinski definition) is 4. The van der Waals surface area contributed by atoms with Crippen LogP contribution >= 0.6 is 0 Å². The number of hydrogen-bond donors (Lipinski definition) is 1. The van der Waals surface area contributed by atoms with Crippen molar-refractivity contribution in [1.29, 1.82) is 0 Å². The largest absolute Gasteiger partial charge is 0.376 e. The van der Waals surface area contributed by atoms with Gasteiger partial charge in [0.2, 0.25) is 0 Å². The second-order valence-electron chi connectivity index (χ2n) is 9.27. The fourth-order valence-corrected chi connectivity index (χ4v) is 5.01. The van der Waals surface area contributed by atoms with E-state index in [1.165, 1.54) is 24.0 Å². The molecule has 2 saturated heterocycles. The number of piperidine rings is 1. The molecule has 0 aromatic heterocycles. The molecule has 0 aliphatic carbocycles. The van der Waals surface area contributed by atoms with E-state index in [-0.39, 0.29) is 0 Å². The van der Waals surface area contributed by atoms with Crippen LogP contribution in [0.2, 0.25) is 0 Å². The summed E-state index contributed by atoms with van der Waals surface area (Å²) in [5, 5.41) is 3.63. The van der Waals surface area contributed by atoms with Gasteiger partial charge in [-0.2, -0.15) is 0 Å². The summed E-state index contributed by atoms with van der Waals surface area (Å²) in [7, 11) is 1.90. The van der Waals surface area contributed by atoms with Crippen LogP contribution in [-0.2, 0) is 22.4 Å². The molecule has 0 spiro atoms. The Kier molecular flexibility index (Phi) is 8.22. The Morgan fingerprint density at radius 1 is 1.16 bits per heavy atom. The van der Waals surface area contributed by atoms with Crippen LogP contribution in [0.3, 0.4) is 0 Å². The molecular weight excluding hydrogens is 388 g/mol. The van der Waals surface area contributed by atoms with Gasteiger partial charge in [0.25, 0.3) is 0 Å². The third kappa shape index (κ3) is 6.21. The molecule has 1 N–H and O–H groups in total. The molecule has 1 aromatic carbocycles. The monoisotopic (exact) mass is 428 g/mol. The van der Waals surface area contributed by atoms with Crippen LogP contribution in [0.15, 0.2) is 29.3 Å². The van der Waals surface area contributed by atoms with Gasteiger partial charge in [-0.15, -0.1) is 0 Å². The molecule has 6 heteroatoms. The molecular formula is C25H40N4O2. The third-order valence-corrected chi connectivity index (χ3v) is 7.08. The van der Waals surface area contributed by atoms with Crippen molar-refractivity contribution in [1.82, 2.24) is 15.1 Å². The smallest absolute Gasteiger partial charge is 0.193 e. The van der Waals surface area contributed by atoms with E-state index in [4.69, 9.17) is 9.47 Å². The van der Waals surface area contributed by atoms with Crippen LogP contribution in [0.5, 0.6) is 0 Å². The number of nitrogens with one attached hydrogen (secondary N) is 1. The minimum atomic E-state index is 0.310. The summed E-state index contributed by atoms with van der Waals surface area (Å²) in [6.07, 6.45) is 7.56. The SMILES string of the molecule is CN=C(NCC(C)N1CCc2ccccc2C1)N1CCC(OCC2CCCCO2)CC1.